The molecule has 0 bridgehead atoms. The summed E-state index contributed by atoms with van der Waals surface area (Å²) < 4.78 is 5.06. The molecule has 1 unspecified atom stereocenters. The van der Waals surface area contributed by atoms with Crippen LogP contribution < -0.4 is 5.32 Å². The summed E-state index contributed by atoms with van der Waals surface area (Å²) in [5, 5.41) is 21.0. The Labute approximate surface area is 108 Å². The smallest absolute Gasteiger partial charge is 0.313 e. The summed E-state index contributed by atoms with van der Waals surface area (Å²) in [5.41, 5.74) is -1.28. The van der Waals surface area contributed by atoms with Gasteiger partial charge in [-0.15, -0.1) is 11.8 Å². The van der Waals surface area contributed by atoms with Crippen molar-refractivity contribution in [2.45, 2.75) is 12.5 Å². The zero-order valence-corrected chi connectivity index (χ0v) is 10.7. The average molecular weight is 273 g/mol. The molecule has 0 aliphatic heterocycles. The standard InChI is InChI=1S/C11H15NO5S/c1-11(16,8-3-2-4-17-8)7-12-9(13)5-18-6-10(14)15/h2-4,16H,5-7H2,1H3,(H,12,13)(H,14,15). The van der Waals surface area contributed by atoms with Crippen LogP contribution in [-0.4, -0.2) is 40.1 Å². The number of hydrogen-bond donors (Lipinski definition) is 3. The predicted octanol–water partition coefficient (Wildman–Crippen LogP) is 0.421. The van der Waals surface area contributed by atoms with Crippen molar-refractivity contribution in [2.24, 2.45) is 0 Å². The molecule has 0 spiro atoms. The van der Waals surface area contributed by atoms with Gasteiger partial charge in [-0.1, -0.05) is 0 Å². The summed E-state index contributed by atoms with van der Waals surface area (Å²) >= 11 is 1.00. The molecule has 1 aromatic rings. The van der Waals surface area contributed by atoms with Crippen molar-refractivity contribution in [2.75, 3.05) is 18.1 Å². The SMILES string of the molecule is CC(O)(CNC(=O)CSCC(=O)O)c1ccco1. The molecule has 7 heteroatoms. The molecule has 1 heterocycles. The lowest BCUT2D eigenvalue weighted by Gasteiger charge is -2.21. The van der Waals surface area contributed by atoms with Gasteiger partial charge in [0.2, 0.25) is 5.91 Å². The molecular formula is C11H15NO5S. The lowest BCUT2D eigenvalue weighted by Crippen LogP contribution is -2.39. The van der Waals surface area contributed by atoms with E-state index in [-0.39, 0.29) is 24.0 Å². The number of thioether (sulfide) groups is 1. The first-order valence-corrected chi connectivity index (χ1v) is 6.40. The predicted molar refractivity (Wildman–Crippen MR) is 66.2 cm³/mol. The van der Waals surface area contributed by atoms with Crippen LogP contribution in [0.3, 0.4) is 0 Å². The fourth-order valence-corrected chi connectivity index (χ4v) is 1.79. The van der Waals surface area contributed by atoms with Gasteiger partial charge in [0, 0.05) is 0 Å². The topological polar surface area (TPSA) is 99.8 Å². The van der Waals surface area contributed by atoms with E-state index in [2.05, 4.69) is 5.32 Å². The van der Waals surface area contributed by atoms with Crippen molar-refractivity contribution in [3.8, 4) is 0 Å². The monoisotopic (exact) mass is 273 g/mol. The molecule has 0 fully saturated rings. The minimum atomic E-state index is -1.28. The molecule has 0 aromatic carbocycles. The Morgan fingerprint density at radius 2 is 2.22 bits per heavy atom. The third-order valence-electron chi connectivity index (χ3n) is 2.14. The molecule has 0 radical (unpaired) electrons. The number of aliphatic carboxylic acids is 1. The lowest BCUT2D eigenvalue weighted by atomic mass is 10.0. The number of furan rings is 1. The van der Waals surface area contributed by atoms with Crippen LogP contribution in [0.15, 0.2) is 22.8 Å². The summed E-state index contributed by atoms with van der Waals surface area (Å²) in [5.74, 6) is -1.01. The van der Waals surface area contributed by atoms with Gasteiger partial charge in [-0.3, -0.25) is 9.59 Å². The number of nitrogens with one attached hydrogen (secondary N) is 1. The lowest BCUT2D eigenvalue weighted by molar-refractivity contribution is -0.133. The third kappa shape index (κ3) is 4.80. The first-order chi connectivity index (χ1) is 8.42. The van der Waals surface area contributed by atoms with Gasteiger partial charge in [0.15, 0.2) is 0 Å². The van der Waals surface area contributed by atoms with Crippen LogP contribution in [0.25, 0.3) is 0 Å². The fourth-order valence-electron chi connectivity index (χ4n) is 1.22. The molecule has 0 saturated carbocycles. The number of carbonyl (C=O) groups excluding carboxylic acids is 1. The molecule has 0 aliphatic carbocycles. The van der Waals surface area contributed by atoms with Gasteiger partial charge in [0.1, 0.15) is 11.4 Å². The summed E-state index contributed by atoms with van der Waals surface area (Å²) in [7, 11) is 0. The zero-order chi connectivity index (χ0) is 13.6. The van der Waals surface area contributed by atoms with Crippen LogP contribution in [0.1, 0.15) is 12.7 Å². The minimum Gasteiger partial charge on any atom is -0.481 e. The maximum Gasteiger partial charge on any atom is 0.313 e. The second-order valence-electron chi connectivity index (χ2n) is 3.91. The van der Waals surface area contributed by atoms with E-state index in [9.17, 15) is 14.7 Å². The van der Waals surface area contributed by atoms with E-state index in [1.54, 1.807) is 12.1 Å². The van der Waals surface area contributed by atoms with Crippen molar-refractivity contribution in [3.63, 3.8) is 0 Å². The van der Waals surface area contributed by atoms with Crippen molar-refractivity contribution in [3.05, 3.63) is 24.2 Å². The maximum atomic E-state index is 11.4. The van der Waals surface area contributed by atoms with Gasteiger partial charge in [0.25, 0.3) is 0 Å². The number of hydrogen-bond acceptors (Lipinski definition) is 5. The minimum absolute atomic E-state index is 0.00692. The largest absolute Gasteiger partial charge is 0.481 e. The van der Waals surface area contributed by atoms with E-state index < -0.39 is 11.6 Å². The molecule has 0 aliphatic rings. The molecule has 1 rings (SSSR count). The Hall–Kier alpha value is -1.47. The second-order valence-corrected chi connectivity index (χ2v) is 4.90. The molecule has 1 atom stereocenters. The summed E-state index contributed by atoms with van der Waals surface area (Å²) in [4.78, 5) is 21.6. The fraction of sp³-hybridized carbons (Fsp3) is 0.455. The summed E-state index contributed by atoms with van der Waals surface area (Å²) in [6.07, 6.45) is 1.44. The van der Waals surface area contributed by atoms with Gasteiger partial charge in [0.05, 0.1) is 24.3 Å². The molecule has 6 nitrogen and oxygen atoms in total. The van der Waals surface area contributed by atoms with Crippen LogP contribution in [0.5, 0.6) is 0 Å². The van der Waals surface area contributed by atoms with Crippen molar-refractivity contribution in [1.82, 2.24) is 5.32 Å². The van der Waals surface area contributed by atoms with Crippen LogP contribution in [0.4, 0.5) is 0 Å². The Morgan fingerprint density at radius 1 is 1.50 bits per heavy atom. The molecule has 1 aromatic heterocycles. The number of rotatable bonds is 7. The number of carbonyl (C=O) groups is 2. The van der Waals surface area contributed by atoms with Crippen molar-refractivity contribution >= 4 is 23.6 Å². The molecule has 18 heavy (non-hydrogen) atoms. The molecule has 100 valence electrons. The van der Waals surface area contributed by atoms with E-state index in [1.165, 1.54) is 13.2 Å². The molecule has 0 saturated heterocycles. The molecule has 1 amide bonds. The van der Waals surface area contributed by atoms with Gasteiger partial charge in [-0.25, -0.2) is 0 Å². The van der Waals surface area contributed by atoms with Crippen LogP contribution in [0.2, 0.25) is 0 Å². The van der Waals surface area contributed by atoms with E-state index in [0.29, 0.717) is 5.76 Å². The highest BCUT2D eigenvalue weighted by atomic mass is 32.2. The maximum absolute atomic E-state index is 11.4. The van der Waals surface area contributed by atoms with Crippen molar-refractivity contribution in [1.29, 1.82) is 0 Å². The summed E-state index contributed by atoms with van der Waals surface area (Å²) in [6.45, 7) is 1.53. The number of carboxylic acid groups (broad SMARTS) is 1. The van der Waals surface area contributed by atoms with Gasteiger partial charge in [-0.2, -0.15) is 0 Å². The highest BCUT2D eigenvalue weighted by Crippen LogP contribution is 2.19. The Kier molecular flexibility index (Phi) is 5.24. The van der Waals surface area contributed by atoms with Gasteiger partial charge < -0.3 is 19.9 Å². The number of carboxylic acids is 1. The van der Waals surface area contributed by atoms with E-state index in [1.807, 2.05) is 0 Å². The quantitative estimate of drug-likeness (QED) is 0.666. The average Bonchev–Trinajstić information content (AvgIpc) is 2.80. The van der Waals surface area contributed by atoms with E-state index in [4.69, 9.17) is 9.52 Å². The van der Waals surface area contributed by atoms with Gasteiger partial charge in [-0.05, 0) is 19.1 Å². The second kappa shape index (κ2) is 6.46. The van der Waals surface area contributed by atoms with E-state index >= 15 is 0 Å². The van der Waals surface area contributed by atoms with Crippen LogP contribution >= 0.6 is 11.8 Å². The normalized spacial score (nSPS) is 13.9. The highest BCUT2D eigenvalue weighted by molar-refractivity contribution is 8.00. The zero-order valence-electron chi connectivity index (χ0n) is 9.88. The van der Waals surface area contributed by atoms with Crippen LogP contribution in [0, 0.1) is 0 Å². The van der Waals surface area contributed by atoms with Crippen molar-refractivity contribution < 1.29 is 24.2 Å². The van der Waals surface area contributed by atoms with Gasteiger partial charge >= 0.3 is 5.97 Å². The molecule has 3 N–H and O–H groups in total. The first-order valence-electron chi connectivity index (χ1n) is 5.24. The van der Waals surface area contributed by atoms with E-state index in [0.717, 1.165) is 11.8 Å². The highest BCUT2D eigenvalue weighted by Gasteiger charge is 2.26. The Morgan fingerprint density at radius 3 is 2.78 bits per heavy atom. The first kappa shape index (κ1) is 14.6. The number of aliphatic hydroxyl groups is 1. The third-order valence-corrected chi connectivity index (χ3v) is 3.06. The Balaban J connectivity index is 2.32. The van der Waals surface area contributed by atoms with Crippen LogP contribution in [-0.2, 0) is 15.2 Å². The number of amides is 1. The molecular weight excluding hydrogens is 258 g/mol. The Bertz CT molecular complexity index is 402. The summed E-state index contributed by atoms with van der Waals surface area (Å²) in [6, 6.07) is 3.26.